The number of anilines is 1. The monoisotopic (exact) mass is 1180 g/mol. The number of hydrogen-bond donors (Lipinski definition) is 6. The molecule has 18 heteroatoms. The SMILES string of the molecule is CN[C@@H](C(=O)N[C@H](C(=O)N(C)[C@H](/C=C(\C)C(=O)O)C(C)C)C(C)(C)C)C(C)(C)c1cccc(CC(=O)OCc2ccc(CC(=O)[C@H](CCCNC(N)=O)NC(=O)[C@@H](CC(=O)CCC(=O)N3Cc4ccccc4C#Cc4ccccc43)C(C)C)cc2)c1. The molecule has 0 spiro atoms. The molecule has 1 heterocycles. The number of primary amides is 1. The van der Waals surface area contributed by atoms with Gasteiger partial charge >= 0.3 is 18.0 Å². The van der Waals surface area contributed by atoms with E-state index in [2.05, 4.69) is 33.1 Å². The highest BCUT2D eigenvalue weighted by Crippen LogP contribution is 2.31. The number of fused-ring (bicyclic) bond motifs is 2. The zero-order valence-corrected chi connectivity index (χ0v) is 51.9. The Morgan fingerprint density at radius 1 is 0.756 bits per heavy atom. The largest absolute Gasteiger partial charge is 0.478 e. The van der Waals surface area contributed by atoms with E-state index in [4.69, 9.17) is 10.5 Å². The number of carbonyl (C=O) groups excluding carboxylic acids is 8. The van der Waals surface area contributed by atoms with Crippen molar-refractivity contribution in [2.24, 2.45) is 28.9 Å². The Labute approximate surface area is 506 Å². The number of likely N-dealkylation sites (N-methyl/N-ethyl adjacent to an activating group) is 2. The number of urea groups is 1. The predicted octanol–water partition coefficient (Wildman–Crippen LogP) is 7.89. The van der Waals surface area contributed by atoms with Gasteiger partial charge in [-0.05, 0) is 90.1 Å². The van der Waals surface area contributed by atoms with Crippen molar-refractivity contribution in [3.8, 4) is 11.8 Å². The zero-order valence-electron chi connectivity index (χ0n) is 51.9. The van der Waals surface area contributed by atoms with Crippen LogP contribution in [0.25, 0.3) is 0 Å². The van der Waals surface area contributed by atoms with Crippen LogP contribution in [-0.4, -0.2) is 108 Å². The molecule has 86 heavy (non-hydrogen) atoms. The van der Waals surface area contributed by atoms with Gasteiger partial charge in [-0.15, -0.1) is 0 Å². The van der Waals surface area contributed by atoms with E-state index in [1.807, 2.05) is 123 Å². The lowest BCUT2D eigenvalue weighted by molar-refractivity contribution is -0.144. The van der Waals surface area contributed by atoms with Crippen molar-refractivity contribution in [3.63, 3.8) is 0 Å². The van der Waals surface area contributed by atoms with Gasteiger partial charge in [0.15, 0.2) is 5.78 Å². The summed E-state index contributed by atoms with van der Waals surface area (Å²) in [6.07, 6.45) is 1.62. The van der Waals surface area contributed by atoms with Crippen molar-refractivity contribution in [2.75, 3.05) is 25.5 Å². The molecule has 0 radical (unpaired) electrons. The maximum Gasteiger partial charge on any atom is 0.331 e. The Kier molecular flexibility index (Phi) is 24.7. The van der Waals surface area contributed by atoms with Crippen LogP contribution in [0.4, 0.5) is 10.5 Å². The molecule has 1 aliphatic rings. The third kappa shape index (κ3) is 19.3. The molecule has 4 aromatic rings. The third-order valence-electron chi connectivity index (χ3n) is 15.8. The highest BCUT2D eigenvalue weighted by Gasteiger charge is 2.42. The predicted molar refractivity (Wildman–Crippen MR) is 331 cm³/mol. The Bertz CT molecular complexity index is 3200. The second-order valence-electron chi connectivity index (χ2n) is 24.6. The minimum absolute atomic E-state index is 0.0542. The number of carbonyl (C=O) groups is 9. The molecule has 0 saturated carbocycles. The van der Waals surface area contributed by atoms with Gasteiger partial charge in [0.25, 0.3) is 0 Å². The standard InChI is InChI=1S/C68H87N7O11/c1-42(2)53(39-52(76)32-33-58(78)75-40-50-22-14-13-20-48(50)30-31-49-21-15-16-25-55(49)75)62(80)72-54(24-18-34-71-66(69)85)57(77)37-45-26-28-46(29-27-45)41-86-59(79)38-47-19-17-23-51(36-47)68(9,10)60(70-11)63(81)73-61(67(6,7)8)64(82)74(12)56(43(3)4)35-44(5)65(83)84/h13-17,19-23,25-29,35-36,42-43,53-54,56,60-61,70H,18,24,32-34,37-41H2,1-12H3,(H,72,80)(H,73,81)(H,83,84)(H3,69,71,85)/b44-35+/t53-,54-,56+,60-,61+/m0/s1. The second kappa shape index (κ2) is 31.1. The molecule has 0 fully saturated rings. The van der Waals surface area contributed by atoms with Gasteiger partial charge < -0.3 is 46.6 Å². The number of ketones is 2. The molecule has 5 rings (SSSR count). The maximum atomic E-state index is 14.3. The van der Waals surface area contributed by atoms with Gasteiger partial charge in [0.1, 0.15) is 18.4 Å². The Balaban J connectivity index is 1.18. The molecule has 6 amide bonds. The van der Waals surface area contributed by atoms with Gasteiger partial charge in [-0.3, -0.25) is 33.6 Å². The topological polar surface area (TPSA) is 264 Å². The van der Waals surface area contributed by atoms with Crippen LogP contribution in [0.1, 0.15) is 140 Å². The van der Waals surface area contributed by atoms with Crippen LogP contribution in [-0.2, 0) is 74.5 Å². The lowest BCUT2D eigenvalue weighted by Gasteiger charge is -2.40. The number of aliphatic carboxylic acids is 1. The first-order chi connectivity index (χ1) is 40.5. The lowest BCUT2D eigenvalue weighted by Crippen LogP contribution is -2.61. The Morgan fingerprint density at radius 3 is 2.02 bits per heavy atom. The van der Waals surface area contributed by atoms with Gasteiger partial charge in [0.2, 0.25) is 23.6 Å². The summed E-state index contributed by atoms with van der Waals surface area (Å²) in [4.78, 5) is 124. The van der Waals surface area contributed by atoms with Crippen LogP contribution in [0.5, 0.6) is 0 Å². The number of nitrogens with two attached hydrogens (primary N) is 1. The fourth-order valence-electron chi connectivity index (χ4n) is 10.5. The first-order valence-corrected chi connectivity index (χ1v) is 29.4. The van der Waals surface area contributed by atoms with E-state index in [1.165, 1.54) is 11.8 Å². The molecule has 0 bridgehead atoms. The van der Waals surface area contributed by atoms with E-state index >= 15 is 0 Å². The van der Waals surface area contributed by atoms with Crippen LogP contribution >= 0.6 is 0 Å². The van der Waals surface area contributed by atoms with Crippen LogP contribution in [0.2, 0.25) is 0 Å². The number of Topliss-reactive ketones (excluding diaryl/α,β-unsaturated/α-hetero) is 2. The van der Waals surface area contributed by atoms with E-state index in [0.29, 0.717) is 34.4 Å². The molecule has 18 nitrogen and oxygen atoms in total. The van der Waals surface area contributed by atoms with Crippen molar-refractivity contribution in [3.05, 3.63) is 148 Å². The molecule has 0 aromatic heterocycles. The van der Waals surface area contributed by atoms with Crippen LogP contribution in [0.15, 0.2) is 109 Å². The number of ether oxygens (including phenoxy) is 1. The summed E-state index contributed by atoms with van der Waals surface area (Å²) < 4.78 is 5.69. The van der Waals surface area contributed by atoms with Gasteiger partial charge in [-0.2, -0.15) is 0 Å². The average Bonchev–Trinajstić information content (AvgIpc) is 3.59. The number of hydrogen-bond acceptors (Lipinski definition) is 11. The van der Waals surface area contributed by atoms with E-state index in [-0.39, 0.29) is 99.0 Å². The number of carboxylic acids is 1. The first kappa shape index (κ1) is 68.4. The van der Waals surface area contributed by atoms with Crippen LogP contribution < -0.4 is 31.9 Å². The number of esters is 1. The fourth-order valence-corrected chi connectivity index (χ4v) is 10.5. The molecule has 1 aliphatic heterocycles. The van der Waals surface area contributed by atoms with Crippen molar-refractivity contribution in [1.29, 1.82) is 0 Å². The summed E-state index contributed by atoms with van der Waals surface area (Å²) in [5, 5.41) is 21.1. The molecule has 7 N–H and O–H groups in total. The molecule has 4 aromatic carbocycles. The summed E-state index contributed by atoms with van der Waals surface area (Å²) in [6.45, 7) is 18.7. The number of carboxylic acid groups (broad SMARTS) is 1. The number of rotatable bonds is 29. The van der Waals surface area contributed by atoms with Crippen molar-refractivity contribution < 1.29 is 53.0 Å². The lowest BCUT2D eigenvalue weighted by atomic mass is 9.76. The van der Waals surface area contributed by atoms with Gasteiger partial charge in [-0.1, -0.05) is 159 Å². The summed E-state index contributed by atoms with van der Waals surface area (Å²) in [6, 6.07) is 25.3. The highest BCUT2D eigenvalue weighted by molar-refractivity contribution is 5.98. The number of nitrogens with zero attached hydrogens (tertiary/aromatic N) is 2. The molecule has 460 valence electrons. The smallest absolute Gasteiger partial charge is 0.331 e. The van der Waals surface area contributed by atoms with Crippen molar-refractivity contribution >= 4 is 58.9 Å². The van der Waals surface area contributed by atoms with Crippen molar-refractivity contribution in [2.45, 2.75) is 157 Å². The number of amides is 6. The summed E-state index contributed by atoms with van der Waals surface area (Å²) in [5.74, 6) is 1.53. The van der Waals surface area contributed by atoms with Gasteiger partial charge in [-0.25, -0.2) is 9.59 Å². The summed E-state index contributed by atoms with van der Waals surface area (Å²) in [5.41, 5.74) is 9.58. The number of benzene rings is 4. The highest BCUT2D eigenvalue weighted by atomic mass is 16.5. The van der Waals surface area contributed by atoms with Gasteiger partial charge in [0, 0.05) is 67.3 Å². The van der Waals surface area contributed by atoms with Crippen LogP contribution in [0, 0.1) is 35.0 Å². The Morgan fingerprint density at radius 2 is 1.40 bits per heavy atom. The van der Waals surface area contributed by atoms with E-state index in [1.54, 1.807) is 61.5 Å². The van der Waals surface area contributed by atoms with E-state index < -0.39 is 70.7 Å². The summed E-state index contributed by atoms with van der Waals surface area (Å²) >= 11 is 0. The normalized spacial score (nSPS) is 14.1. The molecular weight excluding hydrogens is 1090 g/mol. The van der Waals surface area contributed by atoms with Gasteiger partial charge in [0.05, 0.1) is 36.8 Å². The quantitative estimate of drug-likeness (QED) is 0.0131. The number of nitrogens with one attached hydrogen (secondary N) is 4. The van der Waals surface area contributed by atoms with Crippen LogP contribution in [0.3, 0.4) is 0 Å². The second-order valence-corrected chi connectivity index (χ2v) is 24.6. The molecule has 0 unspecified atom stereocenters. The summed E-state index contributed by atoms with van der Waals surface area (Å²) in [7, 11) is 3.27. The van der Waals surface area contributed by atoms with E-state index in [9.17, 15) is 48.3 Å². The molecule has 5 atom stereocenters. The fraction of sp³-hybridized carbons (Fsp3) is 0.456. The minimum atomic E-state index is -1.08. The van der Waals surface area contributed by atoms with E-state index in [0.717, 1.165) is 16.7 Å². The molecule has 0 saturated heterocycles. The maximum absolute atomic E-state index is 14.3. The molecular formula is C68H87N7O11. The first-order valence-electron chi connectivity index (χ1n) is 29.4. The average molecular weight is 1180 g/mol. The number of para-hydroxylation sites is 1. The third-order valence-corrected chi connectivity index (χ3v) is 15.8. The zero-order chi connectivity index (χ0) is 63.6. The molecule has 0 aliphatic carbocycles. The Hall–Kier alpha value is -8.43. The van der Waals surface area contributed by atoms with Crippen molar-refractivity contribution in [1.82, 2.24) is 26.2 Å². The minimum Gasteiger partial charge on any atom is -0.478 e.